The Labute approximate surface area is 169 Å². The summed E-state index contributed by atoms with van der Waals surface area (Å²) in [6.45, 7) is 1.38. The van der Waals surface area contributed by atoms with Gasteiger partial charge in [-0.1, -0.05) is 23.2 Å². The Bertz CT molecular complexity index is 1020. The molecule has 3 aromatic rings. The zero-order valence-corrected chi connectivity index (χ0v) is 16.2. The molecule has 3 rings (SSSR count). The first-order valence-corrected chi connectivity index (χ1v) is 8.93. The van der Waals surface area contributed by atoms with Gasteiger partial charge in [0.15, 0.2) is 6.61 Å². The van der Waals surface area contributed by atoms with Crippen LogP contribution in [0.2, 0.25) is 10.0 Å². The molecule has 0 unspecified atom stereocenters. The van der Waals surface area contributed by atoms with E-state index in [1.807, 2.05) is 0 Å². The number of nitrogens with one attached hydrogen (secondary N) is 1. The lowest BCUT2D eigenvalue weighted by Crippen LogP contribution is -2.23. The lowest BCUT2D eigenvalue weighted by atomic mass is 10.2. The van der Waals surface area contributed by atoms with Gasteiger partial charge in [0.2, 0.25) is 0 Å². The Kier molecular flexibility index (Phi) is 6.16. The highest BCUT2D eigenvalue weighted by Crippen LogP contribution is 2.27. The standard InChI is InChI=1S/C19H15Cl2F2N3O2/c1-11-8-24-26(9-12-6-14(22)3-4-16(12)23)19(11)25-18(27)10-28-17-5-2-13(20)7-15(17)21/h2-8H,9-10H2,1H3,(H,25,27). The average Bonchev–Trinajstić information content (AvgIpc) is 2.97. The molecule has 0 atom stereocenters. The van der Waals surface area contributed by atoms with Gasteiger partial charge in [-0.2, -0.15) is 5.10 Å². The van der Waals surface area contributed by atoms with Crippen molar-refractivity contribution in [3.8, 4) is 5.75 Å². The van der Waals surface area contributed by atoms with E-state index in [9.17, 15) is 13.6 Å². The second kappa shape index (κ2) is 8.58. The first-order valence-electron chi connectivity index (χ1n) is 8.17. The van der Waals surface area contributed by atoms with Gasteiger partial charge in [-0.25, -0.2) is 13.5 Å². The average molecular weight is 426 g/mol. The van der Waals surface area contributed by atoms with Gasteiger partial charge >= 0.3 is 0 Å². The summed E-state index contributed by atoms with van der Waals surface area (Å²) in [4.78, 5) is 12.3. The first kappa shape index (κ1) is 20.1. The molecule has 2 aromatic carbocycles. The van der Waals surface area contributed by atoms with E-state index in [0.29, 0.717) is 22.2 Å². The van der Waals surface area contributed by atoms with E-state index in [-0.39, 0.29) is 23.7 Å². The second-order valence-corrected chi connectivity index (χ2v) is 6.82. The number of hydrogen-bond acceptors (Lipinski definition) is 3. The molecule has 0 bridgehead atoms. The Balaban J connectivity index is 1.69. The summed E-state index contributed by atoms with van der Waals surface area (Å²) in [6.07, 6.45) is 1.52. The summed E-state index contributed by atoms with van der Waals surface area (Å²) in [5.41, 5.74) is 0.775. The van der Waals surface area contributed by atoms with E-state index in [2.05, 4.69) is 10.4 Å². The van der Waals surface area contributed by atoms with Crippen LogP contribution in [0.15, 0.2) is 42.6 Å². The van der Waals surface area contributed by atoms with Crippen molar-refractivity contribution in [3.05, 3.63) is 75.4 Å². The van der Waals surface area contributed by atoms with Crippen LogP contribution in [0.25, 0.3) is 0 Å². The largest absolute Gasteiger partial charge is 0.482 e. The first-order chi connectivity index (χ1) is 13.3. The van der Waals surface area contributed by atoms with Crippen LogP contribution in [-0.2, 0) is 11.3 Å². The highest BCUT2D eigenvalue weighted by atomic mass is 35.5. The Morgan fingerprint density at radius 3 is 2.75 bits per heavy atom. The number of aryl methyl sites for hydroxylation is 1. The molecule has 0 fully saturated rings. The lowest BCUT2D eigenvalue weighted by Gasteiger charge is -2.12. The van der Waals surface area contributed by atoms with Crippen molar-refractivity contribution < 1.29 is 18.3 Å². The molecule has 1 heterocycles. The number of ether oxygens (including phenoxy) is 1. The molecule has 1 N–H and O–H groups in total. The van der Waals surface area contributed by atoms with Crippen LogP contribution in [0, 0.1) is 18.6 Å². The van der Waals surface area contributed by atoms with E-state index in [4.69, 9.17) is 27.9 Å². The molecule has 0 aliphatic heterocycles. The number of amides is 1. The van der Waals surface area contributed by atoms with Gasteiger partial charge in [0.25, 0.3) is 5.91 Å². The Hall–Kier alpha value is -2.64. The van der Waals surface area contributed by atoms with E-state index in [0.717, 1.165) is 18.2 Å². The third-order valence-corrected chi connectivity index (χ3v) is 4.39. The molecule has 146 valence electrons. The fourth-order valence-electron chi connectivity index (χ4n) is 2.49. The van der Waals surface area contributed by atoms with Crippen molar-refractivity contribution in [2.24, 2.45) is 0 Å². The Morgan fingerprint density at radius 2 is 2.00 bits per heavy atom. The van der Waals surface area contributed by atoms with Crippen molar-refractivity contribution in [2.45, 2.75) is 13.5 Å². The van der Waals surface area contributed by atoms with Crippen LogP contribution < -0.4 is 10.1 Å². The minimum atomic E-state index is -0.562. The highest BCUT2D eigenvalue weighted by molar-refractivity contribution is 6.35. The van der Waals surface area contributed by atoms with Gasteiger partial charge in [-0.15, -0.1) is 0 Å². The van der Waals surface area contributed by atoms with Gasteiger partial charge in [-0.3, -0.25) is 4.79 Å². The number of carbonyl (C=O) groups is 1. The van der Waals surface area contributed by atoms with E-state index in [1.54, 1.807) is 19.1 Å². The zero-order valence-electron chi connectivity index (χ0n) is 14.7. The summed E-state index contributed by atoms with van der Waals surface area (Å²) in [6, 6.07) is 7.82. The maximum atomic E-state index is 13.9. The summed E-state index contributed by atoms with van der Waals surface area (Å²) >= 11 is 11.8. The highest BCUT2D eigenvalue weighted by Gasteiger charge is 2.14. The molecule has 0 radical (unpaired) electrons. The summed E-state index contributed by atoms with van der Waals surface area (Å²) in [5.74, 6) is -0.907. The van der Waals surface area contributed by atoms with E-state index < -0.39 is 17.5 Å². The number of halogens is 4. The third kappa shape index (κ3) is 4.79. The smallest absolute Gasteiger partial charge is 0.263 e. The van der Waals surface area contributed by atoms with Crippen LogP contribution in [0.3, 0.4) is 0 Å². The number of aromatic nitrogens is 2. The fourth-order valence-corrected chi connectivity index (χ4v) is 2.95. The third-order valence-electron chi connectivity index (χ3n) is 3.86. The normalized spacial score (nSPS) is 10.8. The van der Waals surface area contributed by atoms with Crippen molar-refractivity contribution >= 4 is 34.9 Å². The number of carbonyl (C=O) groups excluding carboxylic acids is 1. The number of benzene rings is 2. The molecule has 9 heteroatoms. The molecule has 0 saturated heterocycles. The SMILES string of the molecule is Cc1cnn(Cc2cc(F)ccc2F)c1NC(=O)COc1ccc(Cl)cc1Cl. The van der Waals surface area contributed by atoms with Crippen LogP contribution in [0.1, 0.15) is 11.1 Å². The van der Waals surface area contributed by atoms with Crippen molar-refractivity contribution in [2.75, 3.05) is 11.9 Å². The molecular weight excluding hydrogens is 411 g/mol. The zero-order chi connectivity index (χ0) is 20.3. The van der Waals surface area contributed by atoms with Crippen molar-refractivity contribution in [1.29, 1.82) is 0 Å². The molecule has 0 saturated carbocycles. The van der Waals surface area contributed by atoms with Gasteiger partial charge < -0.3 is 10.1 Å². The monoisotopic (exact) mass is 425 g/mol. The molecule has 0 aliphatic carbocycles. The van der Waals surface area contributed by atoms with E-state index in [1.165, 1.54) is 16.9 Å². The number of nitrogens with zero attached hydrogens (tertiary/aromatic N) is 2. The van der Waals surface area contributed by atoms with E-state index >= 15 is 0 Å². The number of rotatable bonds is 6. The topological polar surface area (TPSA) is 56.2 Å². The summed E-state index contributed by atoms with van der Waals surface area (Å²) in [5, 5.41) is 7.51. The minimum absolute atomic E-state index is 0.0447. The molecular formula is C19H15Cl2F2N3O2. The molecule has 5 nitrogen and oxygen atoms in total. The fraction of sp³-hybridized carbons (Fsp3) is 0.158. The quantitative estimate of drug-likeness (QED) is 0.614. The van der Waals surface area contributed by atoms with Gasteiger partial charge in [0, 0.05) is 16.1 Å². The van der Waals surface area contributed by atoms with Crippen LogP contribution >= 0.6 is 23.2 Å². The van der Waals surface area contributed by atoms with Gasteiger partial charge in [0.1, 0.15) is 23.2 Å². The second-order valence-electron chi connectivity index (χ2n) is 5.98. The predicted molar refractivity (Wildman–Crippen MR) is 103 cm³/mol. The number of anilines is 1. The molecule has 1 amide bonds. The Morgan fingerprint density at radius 1 is 1.21 bits per heavy atom. The maximum Gasteiger partial charge on any atom is 0.263 e. The lowest BCUT2D eigenvalue weighted by molar-refractivity contribution is -0.118. The van der Waals surface area contributed by atoms with Crippen molar-refractivity contribution in [1.82, 2.24) is 9.78 Å². The predicted octanol–water partition coefficient (Wildman–Crippen LogP) is 4.84. The minimum Gasteiger partial charge on any atom is -0.482 e. The summed E-state index contributed by atoms with van der Waals surface area (Å²) in [7, 11) is 0. The molecule has 1 aromatic heterocycles. The molecule has 0 spiro atoms. The van der Waals surface area contributed by atoms with Crippen LogP contribution in [-0.4, -0.2) is 22.3 Å². The number of hydrogen-bond donors (Lipinski definition) is 1. The molecule has 28 heavy (non-hydrogen) atoms. The van der Waals surface area contributed by atoms with Gasteiger partial charge in [0.05, 0.1) is 17.8 Å². The maximum absolute atomic E-state index is 13.9. The van der Waals surface area contributed by atoms with Gasteiger partial charge in [-0.05, 0) is 43.3 Å². The van der Waals surface area contributed by atoms with Crippen molar-refractivity contribution in [3.63, 3.8) is 0 Å². The van der Waals surface area contributed by atoms with Crippen LogP contribution in [0.4, 0.5) is 14.6 Å². The summed E-state index contributed by atoms with van der Waals surface area (Å²) < 4.78 is 34.0. The van der Waals surface area contributed by atoms with Crippen LogP contribution in [0.5, 0.6) is 5.75 Å². The molecule has 0 aliphatic rings.